The van der Waals surface area contributed by atoms with Gasteiger partial charge in [-0.25, -0.2) is 0 Å². The summed E-state index contributed by atoms with van der Waals surface area (Å²) >= 11 is 0. The summed E-state index contributed by atoms with van der Waals surface area (Å²) in [6, 6.07) is -0.282. The normalized spacial score (nSPS) is 17.5. The lowest BCUT2D eigenvalue weighted by molar-refractivity contribution is -0.145. The van der Waals surface area contributed by atoms with Gasteiger partial charge in [0.15, 0.2) is 5.68 Å². The van der Waals surface area contributed by atoms with Crippen molar-refractivity contribution in [1.82, 2.24) is 9.80 Å². The molecule has 0 aromatic rings. The van der Waals surface area contributed by atoms with Crippen LogP contribution in [0.15, 0.2) is 0 Å². The number of nitrogens with zero attached hydrogens (tertiary/aromatic N) is 2. The largest absolute Gasteiger partial charge is 0.608 e. The van der Waals surface area contributed by atoms with Crippen LogP contribution in [0.1, 0.15) is 59.8 Å². The molecule has 30 heavy (non-hydrogen) atoms. The fraction of sp³-hybridized carbons (Fsp3) is 0.800. The summed E-state index contributed by atoms with van der Waals surface area (Å²) in [4.78, 5) is 50.6. The van der Waals surface area contributed by atoms with Crippen LogP contribution in [0.4, 0.5) is 8.63 Å². The van der Waals surface area contributed by atoms with Crippen molar-refractivity contribution in [3.05, 3.63) is 0 Å². The highest BCUT2D eigenvalue weighted by Crippen LogP contribution is 2.20. The quantitative estimate of drug-likeness (QED) is 0.284. The number of hydrogen-bond acceptors (Lipinski definition) is 6. The zero-order valence-electron chi connectivity index (χ0n) is 18.4. The molecule has 7 nitrogen and oxygen atoms in total. The smallest absolute Gasteiger partial charge is 0.464 e. The molecule has 0 aromatic carbocycles. The van der Waals surface area contributed by atoms with Gasteiger partial charge in [0.2, 0.25) is 5.91 Å². The number of esters is 1. The Balaban J connectivity index is 2.59. The van der Waals surface area contributed by atoms with E-state index in [0.29, 0.717) is 32.5 Å². The Morgan fingerprint density at radius 1 is 1.07 bits per heavy atom. The van der Waals surface area contributed by atoms with E-state index in [2.05, 4.69) is 0 Å². The monoisotopic (exact) mass is 430 g/mol. The lowest BCUT2D eigenvalue weighted by Gasteiger charge is -2.41. The van der Waals surface area contributed by atoms with Crippen molar-refractivity contribution in [3.63, 3.8) is 0 Å². The number of hydrogen-bond donors (Lipinski definition) is 0. The summed E-state index contributed by atoms with van der Waals surface area (Å²) in [7, 11) is -2.96. The van der Waals surface area contributed by atoms with Gasteiger partial charge in [0, 0.05) is 45.8 Å². The zero-order valence-corrected chi connectivity index (χ0v) is 18.4. The number of carbonyl (C=O) groups excluding carboxylic acids is 4. The van der Waals surface area contributed by atoms with Crippen molar-refractivity contribution in [3.8, 4) is 0 Å². The highest BCUT2D eigenvalue weighted by atomic mass is 19.2. The Bertz CT molecular complexity index is 625. The molecule has 10 heteroatoms. The van der Waals surface area contributed by atoms with E-state index in [1.807, 2.05) is 25.7 Å². The molecule has 1 unspecified atom stereocenters. The molecule has 1 saturated heterocycles. The molecule has 0 spiro atoms. The summed E-state index contributed by atoms with van der Waals surface area (Å²) in [6.45, 7) is 8.86. The van der Waals surface area contributed by atoms with Crippen molar-refractivity contribution >= 4 is 30.6 Å². The van der Waals surface area contributed by atoms with Crippen LogP contribution in [0.5, 0.6) is 0 Å². The average molecular weight is 430 g/mol. The van der Waals surface area contributed by atoms with Crippen molar-refractivity contribution in [2.24, 2.45) is 5.41 Å². The van der Waals surface area contributed by atoms with Crippen LogP contribution >= 0.6 is 0 Å². The van der Waals surface area contributed by atoms with E-state index in [0.717, 1.165) is 0 Å². The number of piperazine rings is 1. The molecule has 0 bridgehead atoms. The maximum absolute atomic E-state index is 12.5. The van der Waals surface area contributed by atoms with Crippen LogP contribution in [0, 0.1) is 5.41 Å². The van der Waals surface area contributed by atoms with Crippen LogP contribution in [-0.4, -0.2) is 79.2 Å². The second-order valence-electron chi connectivity index (χ2n) is 9.02. The third-order valence-electron chi connectivity index (χ3n) is 4.85. The molecule has 0 saturated carbocycles. The van der Waals surface area contributed by atoms with Gasteiger partial charge in [-0.15, -0.1) is 0 Å². The molecule has 0 aliphatic carbocycles. The molecule has 170 valence electrons. The first-order valence-electron chi connectivity index (χ1n) is 10.4. The Morgan fingerprint density at radius 3 is 2.27 bits per heavy atom. The Hall–Kier alpha value is -1.84. The summed E-state index contributed by atoms with van der Waals surface area (Å²) < 4.78 is 29.5. The molecule has 0 radical (unpaired) electrons. The van der Waals surface area contributed by atoms with Gasteiger partial charge in [-0.05, 0) is 18.3 Å². The van der Waals surface area contributed by atoms with E-state index in [1.165, 1.54) is 6.92 Å². The van der Waals surface area contributed by atoms with Gasteiger partial charge >= 0.3 is 13.2 Å². The number of halogens is 2. The molecule has 1 aliphatic heterocycles. The molecule has 1 aliphatic rings. The number of carbonyl (C=O) groups is 4. The number of ketones is 1. The fourth-order valence-corrected chi connectivity index (χ4v) is 3.42. The van der Waals surface area contributed by atoms with E-state index < -0.39 is 18.9 Å². The van der Waals surface area contributed by atoms with Crippen molar-refractivity contribution in [2.45, 2.75) is 65.8 Å². The lowest BCUT2D eigenvalue weighted by atomic mass is 9.87. The molecule has 1 atom stereocenters. The van der Waals surface area contributed by atoms with Gasteiger partial charge in [-0.1, -0.05) is 20.8 Å². The minimum atomic E-state index is -2.96. The molecule has 0 N–H and O–H groups in total. The van der Waals surface area contributed by atoms with E-state index in [1.54, 1.807) is 4.90 Å². The predicted octanol–water partition coefficient (Wildman–Crippen LogP) is 2.16. The average Bonchev–Trinajstić information content (AvgIpc) is 2.62. The molecule has 0 aromatic heterocycles. The number of amides is 1. The van der Waals surface area contributed by atoms with Crippen LogP contribution in [-0.2, 0) is 23.9 Å². The van der Waals surface area contributed by atoms with Gasteiger partial charge in [-0.2, -0.15) is 0 Å². The Kier molecular flexibility index (Phi) is 10.6. The summed E-state index contributed by atoms with van der Waals surface area (Å²) in [6.07, 6.45) is 0.969. The second kappa shape index (κ2) is 12.1. The van der Waals surface area contributed by atoms with Crippen molar-refractivity contribution in [1.29, 1.82) is 0 Å². The molecule has 1 heterocycles. The van der Waals surface area contributed by atoms with E-state index in [4.69, 9.17) is 4.74 Å². The maximum atomic E-state index is 12.5. The number of unbranched alkanes of at least 4 members (excludes halogenated alkanes) is 1. The minimum Gasteiger partial charge on any atom is -0.464 e. The van der Waals surface area contributed by atoms with Gasteiger partial charge in [0.25, 0.3) is 0 Å². The third-order valence-corrected chi connectivity index (χ3v) is 4.85. The maximum Gasteiger partial charge on any atom is 0.608 e. The molecule has 1 amide bonds. The first-order valence-corrected chi connectivity index (χ1v) is 10.4. The van der Waals surface area contributed by atoms with Crippen LogP contribution in [0.25, 0.3) is 0 Å². The second-order valence-corrected chi connectivity index (χ2v) is 9.02. The molecular weight excluding hydrogens is 397 g/mol. The molecule has 1 rings (SSSR count). The fourth-order valence-electron chi connectivity index (χ4n) is 3.42. The number of Topliss-reactive ketones (excluding diaryl/α,β-unsaturated/α-hetero) is 1. The lowest BCUT2D eigenvalue weighted by Crippen LogP contribution is -2.57. The van der Waals surface area contributed by atoms with Gasteiger partial charge in [0.05, 0.1) is 12.6 Å². The van der Waals surface area contributed by atoms with Gasteiger partial charge in [0.1, 0.15) is 12.4 Å². The van der Waals surface area contributed by atoms with E-state index in [9.17, 15) is 27.8 Å². The minimum absolute atomic E-state index is 0.0881. The van der Waals surface area contributed by atoms with Crippen molar-refractivity contribution in [2.75, 3.05) is 32.8 Å². The first-order chi connectivity index (χ1) is 13.9. The standard InChI is InChI=1S/C20H33BF2N2O5/c1-15(26)30-14-16-12-25(19(29)8-6-5-7-18(28)21(22)23)10-9-24(16)13-17(27)11-20(2,3)4/h16H,5-14H2,1-4H3. The first kappa shape index (κ1) is 26.2. The Morgan fingerprint density at radius 2 is 1.70 bits per heavy atom. The van der Waals surface area contributed by atoms with E-state index >= 15 is 0 Å². The van der Waals surface area contributed by atoms with E-state index in [-0.39, 0.29) is 55.6 Å². The SMILES string of the molecule is CC(=O)OCC1CN(C(=O)CCCCC(=O)B(F)F)CCN1CC(=O)CC(C)(C)C. The van der Waals surface area contributed by atoms with Crippen LogP contribution in [0.2, 0.25) is 0 Å². The van der Waals surface area contributed by atoms with Crippen LogP contribution < -0.4 is 0 Å². The van der Waals surface area contributed by atoms with Gasteiger partial charge in [-0.3, -0.25) is 27.9 Å². The highest BCUT2D eigenvalue weighted by Gasteiger charge is 2.32. The van der Waals surface area contributed by atoms with Crippen molar-refractivity contribution < 1.29 is 32.5 Å². The number of ether oxygens (including phenoxy) is 1. The summed E-state index contributed by atoms with van der Waals surface area (Å²) in [5.74, 6) is -0.463. The highest BCUT2D eigenvalue weighted by molar-refractivity contribution is 6.79. The Labute approximate surface area is 177 Å². The number of rotatable bonds is 11. The van der Waals surface area contributed by atoms with Gasteiger partial charge < -0.3 is 14.4 Å². The molecular formula is C20H33BF2N2O5. The zero-order chi connectivity index (χ0) is 22.9. The summed E-state index contributed by atoms with van der Waals surface area (Å²) in [5.41, 5.74) is -1.22. The summed E-state index contributed by atoms with van der Waals surface area (Å²) in [5, 5.41) is 0. The molecule has 1 fully saturated rings. The predicted molar refractivity (Wildman–Crippen MR) is 109 cm³/mol. The van der Waals surface area contributed by atoms with Crippen LogP contribution in [0.3, 0.4) is 0 Å². The topological polar surface area (TPSA) is 84.0 Å². The third kappa shape index (κ3) is 10.3.